The van der Waals surface area contributed by atoms with Gasteiger partial charge in [0.1, 0.15) is 11.5 Å². The minimum atomic E-state index is -0.0280. The number of aliphatic imine (C=N–C) groups is 1. The molecule has 2 N–H and O–H groups in total. The van der Waals surface area contributed by atoms with Gasteiger partial charge in [-0.05, 0) is 31.2 Å². The molecule has 5 heteroatoms. The zero-order chi connectivity index (χ0) is 15.8. The van der Waals surface area contributed by atoms with Crippen LogP contribution < -0.4 is 0 Å². The normalized spacial score (nSPS) is 14.4. The van der Waals surface area contributed by atoms with Crippen LogP contribution in [-0.2, 0) is 0 Å². The Labute approximate surface area is 133 Å². The molecule has 0 atom stereocenters. The fourth-order valence-electron chi connectivity index (χ4n) is 2.60. The maximum atomic E-state index is 10.1. The van der Waals surface area contributed by atoms with Gasteiger partial charge >= 0.3 is 0 Å². The minimum Gasteiger partial charge on any atom is -0.492 e. The van der Waals surface area contributed by atoms with Gasteiger partial charge in [-0.15, -0.1) is 0 Å². The molecule has 0 fully saturated rings. The molecular weight excluding hydrogens is 288 g/mol. The fraction of sp³-hybridized carbons (Fsp3) is 0.0556. The van der Waals surface area contributed by atoms with Crippen LogP contribution in [0, 0.1) is 6.92 Å². The van der Waals surface area contributed by atoms with E-state index < -0.39 is 0 Å². The number of pyridine rings is 1. The molecule has 0 radical (unpaired) electrons. The number of hydrogen-bond acceptors (Lipinski definition) is 4. The van der Waals surface area contributed by atoms with Crippen molar-refractivity contribution in [3.05, 3.63) is 59.4 Å². The number of aromatic hydroxyl groups is 1. The number of fused-ring (bicyclic) bond motifs is 1. The molecule has 0 amide bonds. The van der Waals surface area contributed by atoms with Crippen LogP contribution in [0.2, 0.25) is 0 Å². The average molecular weight is 302 g/mol. The molecule has 0 saturated heterocycles. The minimum absolute atomic E-state index is 0.0280. The quantitative estimate of drug-likeness (QED) is 0.757. The van der Waals surface area contributed by atoms with E-state index in [1.165, 1.54) is 0 Å². The molecule has 23 heavy (non-hydrogen) atoms. The summed E-state index contributed by atoms with van der Waals surface area (Å²) in [5.74, 6) is 1.30. The number of nitrogens with one attached hydrogen (secondary N) is 1. The molecular formula is C18H14N4O. The van der Waals surface area contributed by atoms with Crippen molar-refractivity contribution in [2.75, 3.05) is 0 Å². The number of nitrogens with zero attached hydrogens (tertiary/aromatic N) is 3. The van der Waals surface area contributed by atoms with Gasteiger partial charge in [0.15, 0.2) is 5.82 Å². The lowest BCUT2D eigenvalue weighted by Gasteiger charge is -1.98. The summed E-state index contributed by atoms with van der Waals surface area (Å²) in [6.45, 7) is 2.02. The standard InChI is InChI=1S/C18H14N4O/c1-11-4-2-5-12(8-11)16-21-15(18(23)22-16)9-13-10-20-17-14(13)6-3-7-19-17/h2-10,23H,1H3,(H,21,22). The topological polar surface area (TPSA) is 74.2 Å². The lowest BCUT2D eigenvalue weighted by molar-refractivity contribution is 0.455. The lowest BCUT2D eigenvalue weighted by atomic mass is 10.1. The van der Waals surface area contributed by atoms with Crippen molar-refractivity contribution in [2.24, 2.45) is 4.99 Å². The van der Waals surface area contributed by atoms with Gasteiger partial charge in [0.05, 0.1) is 0 Å². The first-order valence-corrected chi connectivity index (χ1v) is 7.28. The number of allylic oxidation sites excluding steroid dienone is 1. The van der Waals surface area contributed by atoms with Crippen LogP contribution in [0.4, 0.5) is 5.82 Å². The summed E-state index contributed by atoms with van der Waals surface area (Å²) < 4.78 is 0. The fourth-order valence-corrected chi connectivity index (χ4v) is 2.60. The summed E-state index contributed by atoms with van der Waals surface area (Å²) >= 11 is 0. The van der Waals surface area contributed by atoms with Crippen LogP contribution in [0.3, 0.4) is 0 Å². The van der Waals surface area contributed by atoms with Gasteiger partial charge < -0.3 is 10.1 Å². The van der Waals surface area contributed by atoms with Gasteiger partial charge in [-0.25, -0.2) is 9.98 Å². The summed E-state index contributed by atoms with van der Waals surface area (Å²) in [5.41, 5.74) is 4.47. The van der Waals surface area contributed by atoms with Gasteiger partial charge in [0.2, 0.25) is 5.88 Å². The Bertz CT molecular complexity index is 953. The first kappa shape index (κ1) is 13.5. The highest BCUT2D eigenvalue weighted by atomic mass is 16.3. The monoisotopic (exact) mass is 302 g/mol. The molecule has 0 spiro atoms. The number of H-pyrrole nitrogens is 1. The number of hydrogen-bond donors (Lipinski definition) is 2. The molecule has 1 aliphatic rings. The number of benzene rings is 1. The highest BCUT2D eigenvalue weighted by molar-refractivity contribution is 6.20. The largest absolute Gasteiger partial charge is 0.492 e. The number of imidazole rings is 1. The Morgan fingerprint density at radius 3 is 2.96 bits per heavy atom. The van der Waals surface area contributed by atoms with Gasteiger partial charge in [-0.3, -0.25) is 0 Å². The zero-order valence-corrected chi connectivity index (χ0v) is 12.5. The summed E-state index contributed by atoms with van der Waals surface area (Å²) in [7, 11) is 0. The predicted octanol–water partition coefficient (Wildman–Crippen LogP) is 3.74. The van der Waals surface area contributed by atoms with Crippen molar-refractivity contribution in [3.63, 3.8) is 0 Å². The van der Waals surface area contributed by atoms with Crippen LogP contribution >= 0.6 is 0 Å². The van der Waals surface area contributed by atoms with E-state index >= 15 is 0 Å². The van der Waals surface area contributed by atoms with Crippen molar-refractivity contribution in [1.82, 2.24) is 15.0 Å². The lowest BCUT2D eigenvalue weighted by Crippen LogP contribution is -1.83. The summed E-state index contributed by atoms with van der Waals surface area (Å²) in [6, 6.07) is 11.8. The Morgan fingerprint density at radius 2 is 2.09 bits per heavy atom. The van der Waals surface area contributed by atoms with Gasteiger partial charge in [-0.1, -0.05) is 23.8 Å². The van der Waals surface area contributed by atoms with Crippen molar-refractivity contribution in [1.29, 1.82) is 0 Å². The van der Waals surface area contributed by atoms with Crippen LogP contribution in [0.1, 0.15) is 16.8 Å². The molecule has 0 saturated carbocycles. The number of aromatic nitrogens is 3. The number of rotatable bonds is 2. The van der Waals surface area contributed by atoms with E-state index in [1.807, 2.05) is 49.4 Å². The summed E-state index contributed by atoms with van der Waals surface area (Å²) in [6.07, 6.45) is 5.28. The van der Waals surface area contributed by atoms with Crippen LogP contribution in [0.15, 0.2) is 47.6 Å². The molecule has 0 unspecified atom stereocenters. The highest BCUT2D eigenvalue weighted by Gasteiger charge is 2.15. The predicted molar refractivity (Wildman–Crippen MR) is 90.7 cm³/mol. The smallest absolute Gasteiger partial charge is 0.237 e. The molecule has 0 bridgehead atoms. The van der Waals surface area contributed by atoms with Gasteiger partial charge in [0, 0.05) is 29.1 Å². The highest BCUT2D eigenvalue weighted by Crippen LogP contribution is 2.32. The molecule has 0 aliphatic carbocycles. The number of aryl methyl sites for hydroxylation is 1. The molecule has 5 nitrogen and oxygen atoms in total. The second-order valence-corrected chi connectivity index (χ2v) is 5.42. The van der Waals surface area contributed by atoms with Crippen molar-refractivity contribution < 1.29 is 5.11 Å². The van der Waals surface area contributed by atoms with E-state index in [0.717, 1.165) is 22.3 Å². The van der Waals surface area contributed by atoms with E-state index in [0.29, 0.717) is 17.3 Å². The van der Waals surface area contributed by atoms with Gasteiger partial charge in [-0.2, -0.15) is 4.98 Å². The molecule has 2 aromatic heterocycles. The van der Waals surface area contributed by atoms with E-state index in [4.69, 9.17) is 0 Å². The maximum Gasteiger partial charge on any atom is 0.237 e. The average Bonchev–Trinajstić information content (AvgIpc) is 3.13. The van der Waals surface area contributed by atoms with Crippen LogP contribution in [0.5, 0.6) is 5.88 Å². The third-order valence-corrected chi connectivity index (χ3v) is 3.73. The van der Waals surface area contributed by atoms with Crippen molar-refractivity contribution in [3.8, 4) is 17.3 Å². The third kappa shape index (κ3) is 2.42. The molecule has 4 rings (SSSR count). The second-order valence-electron chi connectivity index (χ2n) is 5.42. The molecule has 112 valence electrons. The van der Waals surface area contributed by atoms with E-state index in [-0.39, 0.29) is 5.88 Å². The molecule has 1 aliphatic heterocycles. The summed E-state index contributed by atoms with van der Waals surface area (Å²) in [4.78, 5) is 15.9. The van der Waals surface area contributed by atoms with Crippen molar-refractivity contribution >= 4 is 23.7 Å². The Balaban J connectivity index is 1.75. The Hall–Kier alpha value is -3.21. The first-order chi connectivity index (χ1) is 11.2. The van der Waals surface area contributed by atoms with E-state index in [2.05, 4.69) is 19.9 Å². The Morgan fingerprint density at radius 1 is 1.17 bits per heavy atom. The Kier molecular flexibility index (Phi) is 3.05. The van der Waals surface area contributed by atoms with Crippen LogP contribution in [0.25, 0.3) is 23.0 Å². The molecule has 3 heterocycles. The van der Waals surface area contributed by atoms with Crippen molar-refractivity contribution in [2.45, 2.75) is 6.92 Å². The maximum absolute atomic E-state index is 10.1. The third-order valence-electron chi connectivity index (χ3n) is 3.73. The zero-order valence-electron chi connectivity index (χ0n) is 12.5. The van der Waals surface area contributed by atoms with E-state index in [9.17, 15) is 5.11 Å². The van der Waals surface area contributed by atoms with E-state index in [1.54, 1.807) is 12.4 Å². The van der Waals surface area contributed by atoms with Crippen LogP contribution in [-0.4, -0.2) is 26.3 Å². The van der Waals surface area contributed by atoms with Gasteiger partial charge in [0.25, 0.3) is 0 Å². The number of aromatic amines is 1. The molecule has 3 aromatic rings. The SMILES string of the molecule is Cc1cccc(-c2nc(O)c(C=C3C=Nc4ncccc43)[nH]2)c1. The summed E-state index contributed by atoms with van der Waals surface area (Å²) in [5, 5.41) is 10.1. The second kappa shape index (κ2) is 5.21. The molecule has 1 aromatic carbocycles. The first-order valence-electron chi connectivity index (χ1n) is 7.28.